The molecule has 1 aliphatic rings. The second-order valence-electron chi connectivity index (χ2n) is 5.64. The monoisotopic (exact) mass is 260 g/mol. The van der Waals surface area contributed by atoms with Gasteiger partial charge in [0.1, 0.15) is 0 Å². The molecule has 0 radical (unpaired) electrons. The zero-order chi connectivity index (χ0) is 13.7. The highest BCUT2D eigenvalue weighted by molar-refractivity contribution is 5.94. The minimum atomic E-state index is 0.0214. The molecule has 0 saturated heterocycles. The van der Waals surface area contributed by atoms with Gasteiger partial charge in [-0.3, -0.25) is 4.79 Å². The van der Waals surface area contributed by atoms with Crippen molar-refractivity contribution < 1.29 is 4.79 Å². The van der Waals surface area contributed by atoms with Crippen molar-refractivity contribution in [1.82, 2.24) is 5.32 Å². The molecule has 1 amide bonds. The summed E-state index contributed by atoms with van der Waals surface area (Å²) in [6, 6.07) is 7.55. The molecule has 1 aliphatic carbocycles. The maximum absolute atomic E-state index is 12.1. The van der Waals surface area contributed by atoms with Crippen LogP contribution >= 0.6 is 0 Å². The fourth-order valence-corrected chi connectivity index (χ4v) is 2.86. The molecule has 1 aromatic carbocycles. The third-order valence-corrected chi connectivity index (χ3v) is 4.24. The second-order valence-corrected chi connectivity index (χ2v) is 5.64. The number of nitrogens with one attached hydrogen (secondary N) is 1. The van der Waals surface area contributed by atoms with Crippen LogP contribution in [0.3, 0.4) is 0 Å². The van der Waals surface area contributed by atoms with E-state index in [1.165, 1.54) is 25.7 Å². The van der Waals surface area contributed by atoms with E-state index in [-0.39, 0.29) is 5.91 Å². The van der Waals surface area contributed by atoms with Crippen LogP contribution in [0.4, 0.5) is 0 Å². The normalized spacial score (nSPS) is 23.1. The molecule has 3 nitrogen and oxygen atoms in total. The van der Waals surface area contributed by atoms with Crippen LogP contribution in [0.2, 0.25) is 0 Å². The molecular formula is C16H24N2O. The molecule has 104 valence electrons. The SMILES string of the molecule is CC1CCCCC1CNC(=O)c1cccc(CN)c1. The highest BCUT2D eigenvalue weighted by Crippen LogP contribution is 2.28. The van der Waals surface area contributed by atoms with Gasteiger partial charge in [0, 0.05) is 18.7 Å². The summed E-state index contributed by atoms with van der Waals surface area (Å²) in [5.41, 5.74) is 7.31. The number of benzene rings is 1. The molecule has 3 N–H and O–H groups in total. The molecule has 2 atom stereocenters. The van der Waals surface area contributed by atoms with E-state index in [1.54, 1.807) is 0 Å². The molecule has 3 heteroatoms. The zero-order valence-electron chi connectivity index (χ0n) is 11.7. The molecule has 0 heterocycles. The van der Waals surface area contributed by atoms with Crippen molar-refractivity contribution in [2.45, 2.75) is 39.2 Å². The molecule has 0 spiro atoms. The summed E-state index contributed by atoms with van der Waals surface area (Å²) >= 11 is 0. The van der Waals surface area contributed by atoms with E-state index in [1.807, 2.05) is 24.3 Å². The number of carbonyl (C=O) groups is 1. The van der Waals surface area contributed by atoms with Crippen LogP contribution in [0.1, 0.15) is 48.5 Å². The Hall–Kier alpha value is -1.35. The van der Waals surface area contributed by atoms with Gasteiger partial charge >= 0.3 is 0 Å². The third-order valence-electron chi connectivity index (χ3n) is 4.24. The van der Waals surface area contributed by atoms with Gasteiger partial charge in [-0.1, -0.05) is 38.3 Å². The van der Waals surface area contributed by atoms with Crippen LogP contribution < -0.4 is 11.1 Å². The molecule has 0 aliphatic heterocycles. The quantitative estimate of drug-likeness (QED) is 0.874. The van der Waals surface area contributed by atoms with Crippen LogP contribution in [0.15, 0.2) is 24.3 Å². The fourth-order valence-electron chi connectivity index (χ4n) is 2.86. The van der Waals surface area contributed by atoms with E-state index >= 15 is 0 Å². The summed E-state index contributed by atoms with van der Waals surface area (Å²) in [5, 5.41) is 3.07. The Bertz CT molecular complexity index is 431. The van der Waals surface area contributed by atoms with E-state index in [0.29, 0.717) is 18.0 Å². The Balaban J connectivity index is 1.89. The maximum Gasteiger partial charge on any atom is 0.251 e. The Kier molecular flexibility index (Phi) is 4.97. The van der Waals surface area contributed by atoms with Crippen molar-refractivity contribution in [3.63, 3.8) is 0 Å². The predicted octanol–water partition coefficient (Wildman–Crippen LogP) is 2.70. The number of carbonyl (C=O) groups excluding carboxylic acids is 1. The van der Waals surface area contributed by atoms with Crippen LogP contribution in [0.5, 0.6) is 0 Å². The lowest BCUT2D eigenvalue weighted by molar-refractivity contribution is 0.0936. The first kappa shape index (κ1) is 14.1. The highest BCUT2D eigenvalue weighted by atomic mass is 16.1. The first-order chi connectivity index (χ1) is 9.20. The summed E-state index contributed by atoms with van der Waals surface area (Å²) in [4.78, 5) is 12.1. The minimum Gasteiger partial charge on any atom is -0.352 e. The van der Waals surface area contributed by atoms with E-state index in [9.17, 15) is 4.79 Å². The topological polar surface area (TPSA) is 55.1 Å². The molecule has 2 unspecified atom stereocenters. The standard InChI is InChI=1S/C16H24N2O/c1-12-5-2-3-7-15(12)11-18-16(19)14-8-4-6-13(9-14)10-17/h4,6,8-9,12,15H,2-3,5,7,10-11,17H2,1H3,(H,18,19). The average Bonchev–Trinajstić information content (AvgIpc) is 2.46. The third kappa shape index (κ3) is 3.80. The molecule has 1 fully saturated rings. The van der Waals surface area contributed by atoms with Crippen molar-refractivity contribution in [3.8, 4) is 0 Å². The van der Waals surface area contributed by atoms with Gasteiger partial charge in [-0.25, -0.2) is 0 Å². The largest absolute Gasteiger partial charge is 0.352 e. The number of rotatable bonds is 4. The molecule has 2 rings (SSSR count). The van der Waals surface area contributed by atoms with Gasteiger partial charge in [0.25, 0.3) is 5.91 Å². The van der Waals surface area contributed by atoms with Crippen LogP contribution in [0.25, 0.3) is 0 Å². The molecule has 1 saturated carbocycles. The van der Waals surface area contributed by atoms with Crippen molar-refractivity contribution in [1.29, 1.82) is 0 Å². The summed E-state index contributed by atoms with van der Waals surface area (Å²) < 4.78 is 0. The van der Waals surface area contributed by atoms with E-state index in [4.69, 9.17) is 5.73 Å². The molecule has 1 aromatic rings. The lowest BCUT2D eigenvalue weighted by Crippen LogP contribution is -2.33. The molecule has 0 bridgehead atoms. The smallest absolute Gasteiger partial charge is 0.251 e. The van der Waals surface area contributed by atoms with Crippen molar-refractivity contribution >= 4 is 5.91 Å². The molecule has 0 aromatic heterocycles. The average molecular weight is 260 g/mol. The predicted molar refractivity (Wildman–Crippen MR) is 77.8 cm³/mol. The van der Waals surface area contributed by atoms with Crippen molar-refractivity contribution in [2.24, 2.45) is 17.6 Å². The van der Waals surface area contributed by atoms with Gasteiger partial charge in [0.05, 0.1) is 0 Å². The molecular weight excluding hydrogens is 236 g/mol. The summed E-state index contributed by atoms with van der Waals surface area (Å²) in [7, 11) is 0. The van der Waals surface area contributed by atoms with Gasteiger partial charge in [0.2, 0.25) is 0 Å². The van der Waals surface area contributed by atoms with Crippen LogP contribution in [-0.4, -0.2) is 12.5 Å². The summed E-state index contributed by atoms with van der Waals surface area (Å²) in [6.07, 6.45) is 5.17. The van der Waals surface area contributed by atoms with Gasteiger partial charge in [-0.2, -0.15) is 0 Å². The van der Waals surface area contributed by atoms with E-state index in [0.717, 1.165) is 18.0 Å². The Morgan fingerprint density at radius 3 is 2.89 bits per heavy atom. The lowest BCUT2D eigenvalue weighted by Gasteiger charge is -2.28. The number of amides is 1. The Labute approximate surface area is 115 Å². The van der Waals surface area contributed by atoms with Crippen LogP contribution in [0, 0.1) is 11.8 Å². The van der Waals surface area contributed by atoms with Gasteiger partial charge in [0.15, 0.2) is 0 Å². The Morgan fingerprint density at radius 2 is 2.16 bits per heavy atom. The van der Waals surface area contributed by atoms with E-state index < -0.39 is 0 Å². The van der Waals surface area contributed by atoms with Crippen LogP contribution in [-0.2, 0) is 6.54 Å². The van der Waals surface area contributed by atoms with E-state index in [2.05, 4.69) is 12.2 Å². The first-order valence-electron chi connectivity index (χ1n) is 7.28. The van der Waals surface area contributed by atoms with Gasteiger partial charge in [-0.05, 0) is 36.0 Å². The summed E-state index contributed by atoms with van der Waals surface area (Å²) in [6.45, 7) is 3.57. The number of hydrogen-bond donors (Lipinski definition) is 2. The fraction of sp³-hybridized carbons (Fsp3) is 0.562. The highest BCUT2D eigenvalue weighted by Gasteiger charge is 2.21. The maximum atomic E-state index is 12.1. The van der Waals surface area contributed by atoms with Gasteiger partial charge in [-0.15, -0.1) is 0 Å². The summed E-state index contributed by atoms with van der Waals surface area (Å²) in [5.74, 6) is 1.38. The number of nitrogens with two attached hydrogens (primary N) is 1. The number of hydrogen-bond acceptors (Lipinski definition) is 2. The minimum absolute atomic E-state index is 0.0214. The van der Waals surface area contributed by atoms with Crippen molar-refractivity contribution in [3.05, 3.63) is 35.4 Å². The second kappa shape index (κ2) is 6.71. The van der Waals surface area contributed by atoms with Crippen molar-refractivity contribution in [2.75, 3.05) is 6.54 Å². The zero-order valence-corrected chi connectivity index (χ0v) is 11.7. The van der Waals surface area contributed by atoms with Gasteiger partial charge < -0.3 is 11.1 Å². The Morgan fingerprint density at radius 1 is 1.37 bits per heavy atom. The lowest BCUT2D eigenvalue weighted by atomic mass is 9.80. The molecule has 19 heavy (non-hydrogen) atoms. The first-order valence-corrected chi connectivity index (χ1v) is 7.28.